The fourth-order valence-electron chi connectivity index (χ4n) is 2.87. The molecule has 2 aromatic rings. The molecular formula is C17H20N4O3. The second-order valence-corrected chi connectivity index (χ2v) is 6.02. The Kier molecular flexibility index (Phi) is 4.88. The molecule has 3 heterocycles. The van der Waals surface area contributed by atoms with Crippen molar-refractivity contribution in [3.05, 3.63) is 52.3 Å². The van der Waals surface area contributed by atoms with Crippen LogP contribution in [0, 0.1) is 23.0 Å². The zero-order valence-corrected chi connectivity index (χ0v) is 13.6. The topological polar surface area (TPSA) is 81.4 Å². The molecule has 0 aliphatic carbocycles. The quantitative estimate of drug-likeness (QED) is 0.620. The number of aromatic nitrogens is 2. The Bertz CT molecular complexity index is 700. The van der Waals surface area contributed by atoms with Gasteiger partial charge in [-0.3, -0.25) is 10.1 Å². The van der Waals surface area contributed by atoms with Crippen molar-refractivity contribution < 1.29 is 9.66 Å². The maximum absolute atomic E-state index is 11.3. The van der Waals surface area contributed by atoms with Crippen LogP contribution in [0.3, 0.4) is 0 Å². The first kappa shape index (κ1) is 16.2. The van der Waals surface area contributed by atoms with Gasteiger partial charge in [-0.05, 0) is 37.3 Å². The highest BCUT2D eigenvalue weighted by Crippen LogP contribution is 2.30. The second-order valence-electron chi connectivity index (χ2n) is 6.02. The summed E-state index contributed by atoms with van der Waals surface area (Å²) in [6.45, 7) is 3.92. The number of rotatable bonds is 5. The molecule has 2 aromatic heterocycles. The summed E-state index contributed by atoms with van der Waals surface area (Å²) in [7, 11) is 0. The third kappa shape index (κ3) is 3.79. The zero-order chi connectivity index (χ0) is 16.9. The van der Waals surface area contributed by atoms with Gasteiger partial charge < -0.3 is 9.64 Å². The average Bonchev–Trinajstić information content (AvgIpc) is 2.61. The van der Waals surface area contributed by atoms with Crippen molar-refractivity contribution >= 4 is 11.5 Å². The van der Waals surface area contributed by atoms with Crippen LogP contribution in [0.1, 0.15) is 18.4 Å². The van der Waals surface area contributed by atoms with Crippen molar-refractivity contribution in [3.63, 3.8) is 0 Å². The molecule has 3 rings (SSSR count). The van der Waals surface area contributed by atoms with E-state index in [1.54, 1.807) is 18.5 Å². The van der Waals surface area contributed by atoms with E-state index in [2.05, 4.69) is 9.97 Å². The number of anilines is 1. The van der Waals surface area contributed by atoms with E-state index in [1.807, 2.05) is 30.0 Å². The zero-order valence-electron chi connectivity index (χ0n) is 13.6. The van der Waals surface area contributed by atoms with Gasteiger partial charge in [-0.15, -0.1) is 0 Å². The van der Waals surface area contributed by atoms with Crippen molar-refractivity contribution in [2.45, 2.75) is 19.8 Å². The summed E-state index contributed by atoms with van der Waals surface area (Å²) < 4.78 is 5.71. The number of hydrogen-bond donors (Lipinski definition) is 0. The van der Waals surface area contributed by atoms with Crippen LogP contribution in [-0.4, -0.2) is 34.6 Å². The molecule has 1 aliphatic heterocycles. The lowest BCUT2D eigenvalue weighted by molar-refractivity contribution is -0.384. The number of nitrogens with zero attached hydrogens (tertiary/aromatic N) is 4. The van der Waals surface area contributed by atoms with Crippen molar-refractivity contribution in [1.82, 2.24) is 9.97 Å². The fraction of sp³-hybridized carbons (Fsp3) is 0.412. The van der Waals surface area contributed by atoms with Crippen LogP contribution in [0.2, 0.25) is 0 Å². The summed E-state index contributed by atoms with van der Waals surface area (Å²) in [4.78, 5) is 21.3. The lowest BCUT2D eigenvalue weighted by Gasteiger charge is -2.32. The van der Waals surface area contributed by atoms with E-state index in [1.165, 1.54) is 0 Å². The third-order valence-electron chi connectivity index (χ3n) is 4.20. The van der Waals surface area contributed by atoms with Crippen LogP contribution >= 0.6 is 0 Å². The molecule has 24 heavy (non-hydrogen) atoms. The summed E-state index contributed by atoms with van der Waals surface area (Å²) in [6, 6.07) is 7.17. The van der Waals surface area contributed by atoms with Crippen molar-refractivity contribution in [1.29, 1.82) is 0 Å². The molecule has 0 aromatic carbocycles. The van der Waals surface area contributed by atoms with Crippen LogP contribution in [0.5, 0.6) is 5.88 Å². The van der Waals surface area contributed by atoms with Gasteiger partial charge in [-0.2, -0.15) is 0 Å². The number of aryl methyl sites for hydroxylation is 1. The summed E-state index contributed by atoms with van der Waals surface area (Å²) in [5, 5.41) is 11.3. The van der Waals surface area contributed by atoms with Crippen molar-refractivity contribution in [2.75, 3.05) is 24.6 Å². The molecule has 1 fully saturated rings. The third-order valence-corrected chi connectivity index (χ3v) is 4.20. The summed E-state index contributed by atoms with van der Waals surface area (Å²) in [6.07, 6.45) is 5.22. The Hall–Kier alpha value is -2.70. The average molecular weight is 328 g/mol. The van der Waals surface area contributed by atoms with E-state index in [9.17, 15) is 10.1 Å². The Morgan fingerprint density at radius 1 is 1.33 bits per heavy atom. The lowest BCUT2D eigenvalue weighted by atomic mass is 9.97. The molecule has 1 saturated heterocycles. The van der Waals surface area contributed by atoms with E-state index < -0.39 is 0 Å². The molecule has 0 bridgehead atoms. The van der Waals surface area contributed by atoms with Gasteiger partial charge in [-0.1, -0.05) is 6.07 Å². The van der Waals surface area contributed by atoms with E-state index >= 15 is 0 Å². The maximum Gasteiger partial charge on any atom is 0.311 e. The molecule has 0 spiro atoms. The van der Waals surface area contributed by atoms with E-state index in [0.29, 0.717) is 24.2 Å². The SMILES string of the molecule is Cc1cnc(N2CCC(COc3ccccn3)CC2)c([N+](=O)[O-])c1. The number of piperidine rings is 1. The first-order valence-electron chi connectivity index (χ1n) is 8.03. The minimum absolute atomic E-state index is 0.0817. The van der Waals surface area contributed by atoms with Gasteiger partial charge in [0.05, 0.1) is 11.5 Å². The summed E-state index contributed by atoms with van der Waals surface area (Å²) in [5.74, 6) is 1.53. The van der Waals surface area contributed by atoms with E-state index in [-0.39, 0.29) is 10.6 Å². The minimum atomic E-state index is -0.356. The Morgan fingerprint density at radius 3 is 2.79 bits per heavy atom. The first-order valence-corrected chi connectivity index (χ1v) is 8.03. The molecule has 0 amide bonds. The highest BCUT2D eigenvalue weighted by molar-refractivity contribution is 5.58. The number of nitro groups is 1. The Morgan fingerprint density at radius 2 is 2.12 bits per heavy atom. The molecule has 0 atom stereocenters. The second kappa shape index (κ2) is 7.25. The molecule has 0 N–H and O–H groups in total. The molecule has 0 radical (unpaired) electrons. The molecular weight excluding hydrogens is 308 g/mol. The largest absolute Gasteiger partial charge is 0.477 e. The van der Waals surface area contributed by atoms with E-state index in [0.717, 1.165) is 31.5 Å². The van der Waals surface area contributed by atoms with Gasteiger partial charge in [0.25, 0.3) is 0 Å². The monoisotopic (exact) mass is 328 g/mol. The normalized spacial score (nSPS) is 15.3. The molecule has 0 unspecified atom stereocenters. The summed E-state index contributed by atoms with van der Waals surface area (Å²) in [5.41, 5.74) is 0.877. The van der Waals surface area contributed by atoms with Crippen LogP contribution in [0.25, 0.3) is 0 Å². The van der Waals surface area contributed by atoms with Gasteiger partial charge in [0.15, 0.2) is 0 Å². The van der Waals surface area contributed by atoms with Crippen molar-refractivity contribution in [2.24, 2.45) is 5.92 Å². The van der Waals surface area contributed by atoms with Gasteiger partial charge in [0, 0.05) is 37.6 Å². The van der Waals surface area contributed by atoms with Gasteiger partial charge in [-0.25, -0.2) is 9.97 Å². The fourth-order valence-corrected chi connectivity index (χ4v) is 2.87. The molecule has 7 nitrogen and oxygen atoms in total. The van der Waals surface area contributed by atoms with Crippen LogP contribution in [-0.2, 0) is 0 Å². The lowest BCUT2D eigenvalue weighted by Crippen LogP contribution is -2.36. The van der Waals surface area contributed by atoms with Gasteiger partial charge in [0.1, 0.15) is 0 Å². The number of ether oxygens (including phenoxy) is 1. The van der Waals surface area contributed by atoms with Crippen molar-refractivity contribution in [3.8, 4) is 5.88 Å². The Labute approximate surface area is 140 Å². The predicted octanol–water partition coefficient (Wildman–Crippen LogP) is 2.99. The highest BCUT2D eigenvalue weighted by atomic mass is 16.6. The maximum atomic E-state index is 11.3. The molecule has 1 aliphatic rings. The standard InChI is InChI=1S/C17H20N4O3/c1-13-10-15(21(22)23)17(19-11-13)20-8-5-14(6-9-20)12-24-16-4-2-3-7-18-16/h2-4,7,10-11,14H,5-6,8-9,12H2,1H3. The predicted molar refractivity (Wildman–Crippen MR) is 90.3 cm³/mol. The first-order chi connectivity index (χ1) is 11.6. The molecule has 126 valence electrons. The Balaban J connectivity index is 1.58. The highest BCUT2D eigenvalue weighted by Gasteiger charge is 2.26. The van der Waals surface area contributed by atoms with Crippen LogP contribution in [0.15, 0.2) is 36.7 Å². The molecule has 0 saturated carbocycles. The van der Waals surface area contributed by atoms with Gasteiger partial charge in [0.2, 0.25) is 11.7 Å². The van der Waals surface area contributed by atoms with Gasteiger partial charge >= 0.3 is 5.69 Å². The molecule has 7 heteroatoms. The van der Waals surface area contributed by atoms with Crippen LogP contribution < -0.4 is 9.64 Å². The number of pyridine rings is 2. The minimum Gasteiger partial charge on any atom is -0.477 e. The van der Waals surface area contributed by atoms with Crippen LogP contribution in [0.4, 0.5) is 11.5 Å². The smallest absolute Gasteiger partial charge is 0.311 e. The van der Waals surface area contributed by atoms with E-state index in [4.69, 9.17) is 4.74 Å². The summed E-state index contributed by atoms with van der Waals surface area (Å²) >= 11 is 0. The number of hydrogen-bond acceptors (Lipinski definition) is 6.